The van der Waals surface area contributed by atoms with Gasteiger partial charge in [-0.3, -0.25) is 10.1 Å². The van der Waals surface area contributed by atoms with E-state index in [-0.39, 0.29) is 6.04 Å². The first-order valence-corrected chi connectivity index (χ1v) is 9.04. The molecule has 0 bridgehead atoms. The van der Waals surface area contributed by atoms with Crippen LogP contribution in [0.25, 0.3) is 10.4 Å². The van der Waals surface area contributed by atoms with E-state index in [1.54, 1.807) is 6.07 Å². The monoisotopic (exact) mass is 372 g/mol. The first-order chi connectivity index (χ1) is 12.6. The molecule has 0 spiro atoms. The number of carbonyl (C=O) groups excluding carboxylic acids is 3. The molecule has 1 aromatic carbocycles. The van der Waals surface area contributed by atoms with Crippen LogP contribution in [0.2, 0.25) is 0 Å². The predicted octanol–water partition coefficient (Wildman–Crippen LogP) is 2.45. The van der Waals surface area contributed by atoms with Crippen molar-refractivity contribution in [1.82, 2.24) is 10.6 Å². The molecule has 3 amide bonds. The lowest BCUT2D eigenvalue weighted by molar-refractivity contribution is -0.123. The van der Waals surface area contributed by atoms with Crippen LogP contribution in [-0.2, 0) is 16.1 Å². The summed E-state index contributed by atoms with van der Waals surface area (Å²) in [6.07, 6.45) is 1.85. The van der Waals surface area contributed by atoms with Crippen LogP contribution >= 0.6 is 11.3 Å². The van der Waals surface area contributed by atoms with E-state index in [9.17, 15) is 14.4 Å². The number of amides is 3. The second kappa shape index (κ2) is 6.80. The first kappa shape index (κ1) is 16.6. The first-order valence-electron chi connectivity index (χ1n) is 8.22. The Bertz CT molecular complexity index is 887. The highest BCUT2D eigenvalue weighted by molar-refractivity contribution is 7.17. The second-order valence-electron chi connectivity index (χ2n) is 6.12. The van der Waals surface area contributed by atoms with Crippen LogP contribution in [0, 0.1) is 0 Å². The van der Waals surface area contributed by atoms with Gasteiger partial charge in [-0.05, 0) is 31.0 Å². The zero-order valence-electron chi connectivity index (χ0n) is 13.7. The van der Waals surface area contributed by atoms with Crippen molar-refractivity contribution in [2.75, 3.05) is 6.61 Å². The summed E-state index contributed by atoms with van der Waals surface area (Å²) in [6, 6.07) is 8.92. The number of nitrogens with one attached hydrogen (secondary N) is 2. The Morgan fingerprint density at radius 3 is 2.85 bits per heavy atom. The number of urea groups is 1. The number of rotatable bonds is 4. The van der Waals surface area contributed by atoms with Gasteiger partial charge in [-0.25, -0.2) is 9.59 Å². The van der Waals surface area contributed by atoms with Gasteiger partial charge in [0, 0.05) is 22.0 Å². The molecular formula is C18H16N2O5S. The van der Waals surface area contributed by atoms with Gasteiger partial charge < -0.3 is 14.8 Å². The number of ether oxygens (including phenoxy) is 2. The van der Waals surface area contributed by atoms with Gasteiger partial charge in [-0.1, -0.05) is 12.1 Å². The third-order valence-corrected chi connectivity index (χ3v) is 5.22. The van der Waals surface area contributed by atoms with Crippen LogP contribution in [0.15, 0.2) is 30.3 Å². The highest BCUT2D eigenvalue weighted by Gasteiger charge is 2.25. The molecule has 2 aromatic rings. The van der Waals surface area contributed by atoms with Gasteiger partial charge in [0.15, 0.2) is 6.61 Å². The molecule has 0 unspecified atom stereocenters. The van der Waals surface area contributed by atoms with Crippen molar-refractivity contribution in [1.29, 1.82) is 0 Å². The zero-order chi connectivity index (χ0) is 18.1. The molecule has 2 heterocycles. The van der Waals surface area contributed by atoms with Gasteiger partial charge in [-0.2, -0.15) is 0 Å². The van der Waals surface area contributed by atoms with Crippen LogP contribution in [0.1, 0.15) is 28.1 Å². The number of para-hydroxylation sites is 1. The molecule has 0 atom stereocenters. The number of imide groups is 1. The van der Waals surface area contributed by atoms with Crippen LogP contribution in [-0.4, -0.2) is 30.6 Å². The van der Waals surface area contributed by atoms with E-state index < -0.39 is 24.5 Å². The Balaban J connectivity index is 1.36. The Labute approximate surface area is 153 Å². The molecule has 2 aliphatic rings. The van der Waals surface area contributed by atoms with Crippen LogP contribution in [0.4, 0.5) is 4.79 Å². The number of hydrogen-bond acceptors (Lipinski definition) is 6. The minimum atomic E-state index is -0.661. The molecule has 134 valence electrons. The van der Waals surface area contributed by atoms with Crippen molar-refractivity contribution >= 4 is 29.2 Å². The Morgan fingerprint density at radius 2 is 2.04 bits per heavy atom. The fourth-order valence-corrected chi connectivity index (χ4v) is 3.71. The molecule has 26 heavy (non-hydrogen) atoms. The van der Waals surface area contributed by atoms with E-state index >= 15 is 0 Å². The van der Waals surface area contributed by atoms with Crippen LogP contribution < -0.4 is 15.4 Å². The number of fused-ring (bicyclic) bond motifs is 3. The van der Waals surface area contributed by atoms with Gasteiger partial charge in [0.25, 0.3) is 5.91 Å². The molecule has 8 heteroatoms. The number of esters is 1. The predicted molar refractivity (Wildman–Crippen MR) is 94.1 cm³/mol. The highest BCUT2D eigenvalue weighted by atomic mass is 32.1. The maximum Gasteiger partial charge on any atom is 0.348 e. The molecule has 4 rings (SSSR count). The summed E-state index contributed by atoms with van der Waals surface area (Å²) in [5.74, 6) is -0.478. The van der Waals surface area contributed by atoms with Gasteiger partial charge in [0.2, 0.25) is 0 Å². The summed E-state index contributed by atoms with van der Waals surface area (Å²) in [7, 11) is 0. The Kier molecular flexibility index (Phi) is 4.34. The Hall–Kier alpha value is -2.87. The third-order valence-electron chi connectivity index (χ3n) is 4.02. The molecule has 7 nitrogen and oxygen atoms in total. The molecule has 1 saturated carbocycles. The SMILES string of the molecule is O=C(COC(=O)c1cc2c(s1)-c1ccccc1OC2)NC(=O)NC1CC1. The largest absolute Gasteiger partial charge is 0.488 e. The lowest BCUT2D eigenvalue weighted by Crippen LogP contribution is -2.42. The molecule has 1 aliphatic carbocycles. The minimum Gasteiger partial charge on any atom is -0.488 e. The molecule has 0 radical (unpaired) electrons. The summed E-state index contributed by atoms with van der Waals surface area (Å²) in [4.78, 5) is 36.7. The Morgan fingerprint density at radius 1 is 1.23 bits per heavy atom. The van der Waals surface area contributed by atoms with E-state index in [1.165, 1.54) is 11.3 Å². The lowest BCUT2D eigenvalue weighted by atomic mass is 10.1. The molecule has 1 aromatic heterocycles. The van der Waals surface area contributed by atoms with Crippen molar-refractivity contribution in [3.05, 3.63) is 40.8 Å². The van der Waals surface area contributed by atoms with Crippen molar-refractivity contribution in [3.8, 4) is 16.2 Å². The van der Waals surface area contributed by atoms with Gasteiger partial charge in [0.1, 0.15) is 17.2 Å². The minimum absolute atomic E-state index is 0.146. The van der Waals surface area contributed by atoms with Crippen molar-refractivity contribution in [2.45, 2.75) is 25.5 Å². The van der Waals surface area contributed by atoms with E-state index in [0.717, 1.165) is 34.6 Å². The van der Waals surface area contributed by atoms with E-state index in [0.29, 0.717) is 11.5 Å². The van der Waals surface area contributed by atoms with Gasteiger partial charge in [0.05, 0.1) is 0 Å². The summed E-state index contributed by atoms with van der Waals surface area (Å²) < 4.78 is 10.7. The molecule has 1 fully saturated rings. The number of thiophene rings is 1. The van der Waals surface area contributed by atoms with E-state index in [4.69, 9.17) is 9.47 Å². The topological polar surface area (TPSA) is 93.7 Å². The number of benzene rings is 1. The van der Waals surface area contributed by atoms with Crippen LogP contribution in [0.5, 0.6) is 5.75 Å². The van der Waals surface area contributed by atoms with Gasteiger partial charge in [-0.15, -0.1) is 11.3 Å². The lowest BCUT2D eigenvalue weighted by Gasteiger charge is -2.16. The second-order valence-corrected chi connectivity index (χ2v) is 7.17. The van der Waals surface area contributed by atoms with E-state index in [1.807, 2.05) is 24.3 Å². The normalized spacial score (nSPS) is 14.5. The summed E-state index contributed by atoms with van der Waals surface area (Å²) in [6.45, 7) is -0.121. The molecule has 2 N–H and O–H groups in total. The molecule has 1 aliphatic heterocycles. The average molecular weight is 372 g/mol. The molecule has 0 saturated heterocycles. The summed E-state index contributed by atoms with van der Waals surface area (Å²) in [5, 5.41) is 4.76. The maximum atomic E-state index is 12.2. The number of hydrogen-bond donors (Lipinski definition) is 2. The smallest absolute Gasteiger partial charge is 0.348 e. The fraction of sp³-hybridized carbons (Fsp3) is 0.278. The van der Waals surface area contributed by atoms with Gasteiger partial charge >= 0.3 is 12.0 Å². The molecular weight excluding hydrogens is 356 g/mol. The summed E-state index contributed by atoms with van der Waals surface area (Å²) >= 11 is 1.30. The van der Waals surface area contributed by atoms with Crippen LogP contribution in [0.3, 0.4) is 0 Å². The highest BCUT2D eigenvalue weighted by Crippen LogP contribution is 2.42. The third kappa shape index (κ3) is 3.55. The van der Waals surface area contributed by atoms with Crippen molar-refractivity contribution in [2.24, 2.45) is 0 Å². The standard InChI is InChI=1S/C18H16N2O5S/c21-15(20-18(23)19-11-5-6-11)9-25-17(22)14-7-10-8-24-13-4-2-1-3-12(13)16(10)26-14/h1-4,7,11H,5-6,8-9H2,(H2,19,20,21,23). The maximum absolute atomic E-state index is 12.2. The fourth-order valence-electron chi connectivity index (χ4n) is 2.61. The van der Waals surface area contributed by atoms with Crippen molar-refractivity contribution in [3.63, 3.8) is 0 Å². The average Bonchev–Trinajstić information content (AvgIpc) is 3.33. The zero-order valence-corrected chi connectivity index (χ0v) is 14.6. The quantitative estimate of drug-likeness (QED) is 0.804. The summed E-state index contributed by atoms with van der Waals surface area (Å²) in [5.41, 5.74) is 1.85. The van der Waals surface area contributed by atoms with Crippen molar-refractivity contribution < 1.29 is 23.9 Å². The number of carbonyl (C=O) groups is 3. The van der Waals surface area contributed by atoms with E-state index in [2.05, 4.69) is 10.6 Å².